The average molecular weight is 230 g/mol. The van der Waals surface area contributed by atoms with Crippen LogP contribution in [0.2, 0.25) is 0 Å². The van der Waals surface area contributed by atoms with E-state index in [2.05, 4.69) is 35.8 Å². The Morgan fingerprint density at radius 1 is 1.18 bits per heavy atom. The van der Waals surface area contributed by atoms with Gasteiger partial charge in [0.2, 0.25) is 0 Å². The van der Waals surface area contributed by atoms with Crippen LogP contribution in [-0.2, 0) is 13.0 Å². The van der Waals surface area contributed by atoms with Crippen molar-refractivity contribution in [1.29, 1.82) is 0 Å². The summed E-state index contributed by atoms with van der Waals surface area (Å²) in [4.78, 5) is 8.33. The molecule has 0 radical (unpaired) electrons. The van der Waals surface area contributed by atoms with E-state index < -0.39 is 0 Å². The Bertz CT molecular complexity index is 468. The lowest BCUT2D eigenvalue weighted by Crippen LogP contribution is -2.11. The Morgan fingerprint density at radius 3 is 2.53 bits per heavy atom. The smallest absolute Gasteiger partial charge is 0.151 e. The summed E-state index contributed by atoms with van der Waals surface area (Å²) >= 11 is 0. The van der Waals surface area contributed by atoms with Gasteiger partial charge in [0, 0.05) is 18.8 Å². The average Bonchev–Trinajstić information content (AvgIpc) is 2.64. The first-order valence-corrected chi connectivity index (χ1v) is 5.80. The van der Waals surface area contributed by atoms with Gasteiger partial charge in [-0.2, -0.15) is 5.10 Å². The molecule has 0 aromatic carbocycles. The van der Waals surface area contributed by atoms with E-state index in [4.69, 9.17) is 0 Å². The topological polar surface area (TPSA) is 43.6 Å². The maximum absolute atomic E-state index is 4.48. The standard InChI is InChI=1S/C13H18N4/c1-13(2,3)8-12-15-10-17(16-12)9-11-4-6-14-7-5-11/h4-7,10H,8-9H2,1-3H3. The monoisotopic (exact) mass is 230 g/mol. The van der Waals surface area contributed by atoms with Crippen LogP contribution in [0, 0.1) is 5.41 Å². The van der Waals surface area contributed by atoms with Crippen LogP contribution >= 0.6 is 0 Å². The Hall–Kier alpha value is -1.71. The first-order chi connectivity index (χ1) is 8.03. The Morgan fingerprint density at radius 2 is 1.88 bits per heavy atom. The second kappa shape index (κ2) is 4.65. The SMILES string of the molecule is CC(C)(C)Cc1ncn(Cc2ccncc2)n1. The molecule has 0 fully saturated rings. The quantitative estimate of drug-likeness (QED) is 0.812. The minimum Gasteiger partial charge on any atom is -0.265 e. The lowest BCUT2D eigenvalue weighted by Gasteiger charge is -2.14. The van der Waals surface area contributed by atoms with Gasteiger partial charge in [-0.3, -0.25) is 4.98 Å². The normalized spacial score (nSPS) is 11.7. The van der Waals surface area contributed by atoms with Crippen molar-refractivity contribution in [1.82, 2.24) is 19.7 Å². The van der Waals surface area contributed by atoms with Gasteiger partial charge in [-0.25, -0.2) is 9.67 Å². The number of aromatic nitrogens is 4. The Kier molecular flexibility index (Phi) is 3.22. The van der Waals surface area contributed by atoms with E-state index in [-0.39, 0.29) is 5.41 Å². The van der Waals surface area contributed by atoms with Crippen molar-refractivity contribution in [3.8, 4) is 0 Å². The molecule has 0 atom stereocenters. The van der Waals surface area contributed by atoms with Gasteiger partial charge in [0.05, 0.1) is 6.54 Å². The van der Waals surface area contributed by atoms with Crippen LogP contribution in [0.4, 0.5) is 0 Å². The highest BCUT2D eigenvalue weighted by atomic mass is 15.3. The largest absolute Gasteiger partial charge is 0.265 e. The summed E-state index contributed by atoms with van der Waals surface area (Å²) in [6, 6.07) is 3.98. The fourth-order valence-electron chi connectivity index (χ4n) is 1.64. The maximum atomic E-state index is 4.48. The van der Waals surface area contributed by atoms with Crippen molar-refractivity contribution >= 4 is 0 Å². The molecule has 0 saturated heterocycles. The molecule has 0 aliphatic carbocycles. The molecule has 17 heavy (non-hydrogen) atoms. The lowest BCUT2D eigenvalue weighted by molar-refractivity contribution is 0.399. The Balaban J connectivity index is 2.04. The van der Waals surface area contributed by atoms with E-state index in [1.165, 1.54) is 5.56 Å². The lowest BCUT2D eigenvalue weighted by atomic mass is 9.92. The molecule has 2 heterocycles. The van der Waals surface area contributed by atoms with Crippen LogP contribution in [0.1, 0.15) is 32.2 Å². The van der Waals surface area contributed by atoms with Crippen molar-refractivity contribution in [2.45, 2.75) is 33.7 Å². The van der Waals surface area contributed by atoms with Gasteiger partial charge in [0.25, 0.3) is 0 Å². The number of nitrogens with zero attached hydrogens (tertiary/aromatic N) is 4. The molecule has 0 amide bonds. The molecular formula is C13H18N4. The second-order valence-corrected chi connectivity index (χ2v) is 5.45. The zero-order valence-corrected chi connectivity index (χ0v) is 10.6. The Labute approximate surface area is 102 Å². The molecule has 0 aliphatic rings. The highest BCUT2D eigenvalue weighted by molar-refractivity contribution is 5.09. The molecule has 4 nitrogen and oxygen atoms in total. The van der Waals surface area contributed by atoms with E-state index in [9.17, 15) is 0 Å². The minimum atomic E-state index is 0.225. The van der Waals surface area contributed by atoms with Crippen molar-refractivity contribution in [2.75, 3.05) is 0 Å². The summed E-state index contributed by atoms with van der Waals surface area (Å²) in [5, 5.41) is 4.48. The van der Waals surface area contributed by atoms with Crippen molar-refractivity contribution in [3.05, 3.63) is 42.2 Å². The van der Waals surface area contributed by atoms with E-state index in [0.29, 0.717) is 0 Å². The third-order valence-electron chi connectivity index (χ3n) is 2.37. The molecule has 90 valence electrons. The first-order valence-electron chi connectivity index (χ1n) is 5.80. The molecule has 4 heteroatoms. The highest BCUT2D eigenvalue weighted by Crippen LogP contribution is 2.17. The summed E-state index contributed by atoms with van der Waals surface area (Å²) in [6.07, 6.45) is 6.28. The van der Waals surface area contributed by atoms with Crippen molar-refractivity contribution in [3.63, 3.8) is 0 Å². The van der Waals surface area contributed by atoms with Gasteiger partial charge < -0.3 is 0 Å². The zero-order chi connectivity index (χ0) is 12.3. The molecule has 2 rings (SSSR count). The van der Waals surface area contributed by atoms with E-state index >= 15 is 0 Å². The number of hydrogen-bond acceptors (Lipinski definition) is 3. The zero-order valence-electron chi connectivity index (χ0n) is 10.6. The third kappa shape index (κ3) is 3.66. The molecule has 0 unspecified atom stereocenters. The predicted octanol–water partition coefficient (Wildman–Crippen LogP) is 2.31. The fourth-order valence-corrected chi connectivity index (χ4v) is 1.64. The van der Waals surface area contributed by atoms with Gasteiger partial charge in [0.1, 0.15) is 6.33 Å². The summed E-state index contributed by atoms with van der Waals surface area (Å²) in [6.45, 7) is 7.32. The summed E-state index contributed by atoms with van der Waals surface area (Å²) in [5.74, 6) is 0.909. The van der Waals surface area contributed by atoms with E-state index in [0.717, 1.165) is 18.8 Å². The van der Waals surface area contributed by atoms with Crippen molar-refractivity contribution < 1.29 is 0 Å². The minimum absolute atomic E-state index is 0.225. The van der Waals surface area contributed by atoms with Crippen molar-refractivity contribution in [2.24, 2.45) is 5.41 Å². The molecule has 0 saturated carbocycles. The number of hydrogen-bond donors (Lipinski definition) is 0. The molecule has 0 N–H and O–H groups in total. The van der Waals surface area contributed by atoms with Gasteiger partial charge in [-0.1, -0.05) is 20.8 Å². The molecule has 0 aliphatic heterocycles. The van der Waals surface area contributed by atoms with Crippen LogP contribution in [0.15, 0.2) is 30.9 Å². The second-order valence-electron chi connectivity index (χ2n) is 5.45. The summed E-state index contributed by atoms with van der Waals surface area (Å²) in [5.41, 5.74) is 1.41. The summed E-state index contributed by atoms with van der Waals surface area (Å²) in [7, 11) is 0. The third-order valence-corrected chi connectivity index (χ3v) is 2.37. The molecule has 0 spiro atoms. The molecular weight excluding hydrogens is 212 g/mol. The van der Waals surface area contributed by atoms with Crippen LogP contribution in [0.5, 0.6) is 0 Å². The van der Waals surface area contributed by atoms with Gasteiger partial charge in [-0.05, 0) is 23.1 Å². The molecule has 0 bridgehead atoms. The van der Waals surface area contributed by atoms with Crippen LogP contribution in [-0.4, -0.2) is 19.7 Å². The highest BCUT2D eigenvalue weighted by Gasteiger charge is 2.14. The van der Waals surface area contributed by atoms with Crippen LogP contribution < -0.4 is 0 Å². The first kappa shape index (κ1) is 11.8. The summed E-state index contributed by atoms with van der Waals surface area (Å²) < 4.78 is 1.87. The van der Waals surface area contributed by atoms with Crippen LogP contribution in [0.3, 0.4) is 0 Å². The number of pyridine rings is 1. The molecule has 2 aromatic heterocycles. The van der Waals surface area contributed by atoms with E-state index in [1.54, 1.807) is 18.7 Å². The fraction of sp³-hybridized carbons (Fsp3) is 0.462. The molecule has 2 aromatic rings. The number of rotatable bonds is 3. The van der Waals surface area contributed by atoms with Gasteiger partial charge in [-0.15, -0.1) is 0 Å². The van der Waals surface area contributed by atoms with Crippen LogP contribution in [0.25, 0.3) is 0 Å². The predicted molar refractivity (Wildman–Crippen MR) is 66.5 cm³/mol. The van der Waals surface area contributed by atoms with E-state index in [1.807, 2.05) is 16.8 Å². The van der Waals surface area contributed by atoms with Gasteiger partial charge in [0.15, 0.2) is 5.82 Å². The van der Waals surface area contributed by atoms with Gasteiger partial charge >= 0.3 is 0 Å². The maximum Gasteiger partial charge on any atom is 0.151 e.